The first-order chi connectivity index (χ1) is 8.24. The molecule has 0 heterocycles. The van der Waals surface area contributed by atoms with Gasteiger partial charge in [0, 0.05) is 6.04 Å². The van der Waals surface area contributed by atoms with E-state index in [4.69, 9.17) is 10.6 Å². The molecule has 0 aromatic heterocycles. The van der Waals surface area contributed by atoms with Crippen LogP contribution in [0.1, 0.15) is 44.7 Å². The van der Waals surface area contributed by atoms with Gasteiger partial charge in [-0.05, 0) is 36.5 Å². The van der Waals surface area contributed by atoms with Crippen molar-refractivity contribution in [2.45, 2.75) is 45.3 Å². The van der Waals surface area contributed by atoms with Crippen LogP contribution in [0.3, 0.4) is 0 Å². The van der Waals surface area contributed by atoms with E-state index in [9.17, 15) is 0 Å². The van der Waals surface area contributed by atoms with Gasteiger partial charge in [-0.25, -0.2) is 0 Å². The maximum absolute atomic E-state index is 5.73. The summed E-state index contributed by atoms with van der Waals surface area (Å²) in [5, 5.41) is 0. The molecule has 0 amide bonds. The van der Waals surface area contributed by atoms with E-state index >= 15 is 0 Å². The van der Waals surface area contributed by atoms with Crippen molar-refractivity contribution in [3.63, 3.8) is 0 Å². The first kappa shape index (κ1) is 12.4. The van der Waals surface area contributed by atoms with Crippen molar-refractivity contribution in [3.05, 3.63) is 29.8 Å². The summed E-state index contributed by atoms with van der Waals surface area (Å²) in [5.41, 5.74) is 4.13. The van der Waals surface area contributed by atoms with Gasteiger partial charge in [-0.15, -0.1) is 0 Å². The summed E-state index contributed by atoms with van der Waals surface area (Å²) in [6, 6.07) is 8.51. The predicted octanol–water partition coefficient (Wildman–Crippen LogP) is 2.78. The minimum absolute atomic E-state index is 0.218. The first-order valence-electron chi connectivity index (χ1n) is 6.47. The van der Waals surface area contributed by atoms with Crippen LogP contribution in [0.15, 0.2) is 24.3 Å². The van der Waals surface area contributed by atoms with Crippen LogP contribution in [0.4, 0.5) is 0 Å². The summed E-state index contributed by atoms with van der Waals surface area (Å²) in [6.45, 7) is 4.39. The third-order valence-corrected chi connectivity index (χ3v) is 3.46. The van der Waals surface area contributed by atoms with E-state index in [1.165, 1.54) is 18.4 Å². The molecule has 0 radical (unpaired) electrons. The highest BCUT2D eigenvalue weighted by Crippen LogP contribution is 2.29. The molecule has 1 saturated carbocycles. The Hall–Kier alpha value is -1.06. The number of nitrogens with one attached hydrogen (secondary N) is 1. The number of rotatable bonds is 6. The first-order valence-corrected chi connectivity index (χ1v) is 6.47. The highest BCUT2D eigenvalue weighted by atomic mass is 16.5. The van der Waals surface area contributed by atoms with Gasteiger partial charge in [0.05, 0.1) is 6.10 Å². The molecule has 3 N–H and O–H groups in total. The van der Waals surface area contributed by atoms with Gasteiger partial charge < -0.3 is 4.74 Å². The molecule has 2 rings (SSSR count). The smallest absolute Gasteiger partial charge is 0.119 e. The normalized spacial score (nSPS) is 18.8. The molecule has 1 fully saturated rings. The van der Waals surface area contributed by atoms with Crippen molar-refractivity contribution in [2.75, 3.05) is 0 Å². The van der Waals surface area contributed by atoms with Gasteiger partial charge in [-0.3, -0.25) is 11.3 Å². The van der Waals surface area contributed by atoms with Crippen LogP contribution in [-0.4, -0.2) is 6.10 Å². The zero-order chi connectivity index (χ0) is 12.3. The third-order valence-electron chi connectivity index (χ3n) is 3.46. The quantitative estimate of drug-likeness (QED) is 0.587. The lowest BCUT2D eigenvalue weighted by atomic mass is 9.93. The molecule has 2 atom stereocenters. The van der Waals surface area contributed by atoms with Crippen LogP contribution < -0.4 is 16.0 Å². The topological polar surface area (TPSA) is 47.3 Å². The van der Waals surface area contributed by atoms with Crippen LogP contribution in [0.5, 0.6) is 5.75 Å². The van der Waals surface area contributed by atoms with Crippen LogP contribution in [-0.2, 0) is 0 Å². The van der Waals surface area contributed by atoms with Gasteiger partial charge in [-0.1, -0.05) is 32.4 Å². The van der Waals surface area contributed by atoms with Crippen molar-refractivity contribution < 1.29 is 4.74 Å². The number of nitrogens with two attached hydrogens (primary N) is 1. The van der Waals surface area contributed by atoms with E-state index in [1.54, 1.807) is 0 Å². The van der Waals surface area contributed by atoms with Gasteiger partial charge in [0.1, 0.15) is 5.75 Å². The average molecular weight is 234 g/mol. The van der Waals surface area contributed by atoms with Crippen LogP contribution in [0, 0.1) is 5.92 Å². The Labute approximate surface area is 103 Å². The van der Waals surface area contributed by atoms with E-state index in [0.717, 1.165) is 12.2 Å². The van der Waals surface area contributed by atoms with Crippen molar-refractivity contribution in [1.82, 2.24) is 5.43 Å². The summed E-state index contributed by atoms with van der Waals surface area (Å²) < 4.78 is 5.73. The van der Waals surface area contributed by atoms with E-state index < -0.39 is 0 Å². The molecule has 1 aliphatic rings. The molecular weight excluding hydrogens is 212 g/mol. The molecule has 94 valence electrons. The largest absolute Gasteiger partial charge is 0.490 e. The highest BCUT2D eigenvalue weighted by molar-refractivity contribution is 5.29. The van der Waals surface area contributed by atoms with E-state index in [0.29, 0.717) is 12.0 Å². The van der Waals surface area contributed by atoms with E-state index in [-0.39, 0.29) is 6.04 Å². The Morgan fingerprint density at radius 3 is 2.47 bits per heavy atom. The number of ether oxygens (including phenoxy) is 1. The molecule has 1 aromatic carbocycles. The van der Waals surface area contributed by atoms with E-state index in [2.05, 4.69) is 31.4 Å². The summed E-state index contributed by atoms with van der Waals surface area (Å²) >= 11 is 0. The molecule has 2 unspecified atom stereocenters. The number of hydrazine groups is 1. The molecule has 17 heavy (non-hydrogen) atoms. The number of benzene rings is 1. The fourth-order valence-electron chi connectivity index (χ4n) is 1.96. The van der Waals surface area contributed by atoms with E-state index in [1.807, 2.05) is 12.1 Å². The van der Waals surface area contributed by atoms with Gasteiger partial charge in [0.15, 0.2) is 0 Å². The van der Waals surface area contributed by atoms with Gasteiger partial charge in [0.25, 0.3) is 0 Å². The van der Waals surface area contributed by atoms with Gasteiger partial charge in [0.2, 0.25) is 0 Å². The van der Waals surface area contributed by atoms with Crippen molar-refractivity contribution in [1.29, 1.82) is 0 Å². The molecule has 1 aromatic rings. The lowest BCUT2D eigenvalue weighted by molar-refractivity contribution is 0.302. The molecule has 3 heteroatoms. The Kier molecular flexibility index (Phi) is 4.02. The van der Waals surface area contributed by atoms with Crippen molar-refractivity contribution >= 4 is 0 Å². The second kappa shape index (κ2) is 5.52. The maximum atomic E-state index is 5.73. The predicted molar refractivity (Wildman–Crippen MR) is 69.6 cm³/mol. The second-order valence-electron chi connectivity index (χ2n) is 4.92. The Balaban J connectivity index is 2.03. The van der Waals surface area contributed by atoms with Crippen molar-refractivity contribution in [3.8, 4) is 5.75 Å². The Bertz CT molecular complexity index is 346. The molecule has 1 aliphatic carbocycles. The zero-order valence-corrected chi connectivity index (χ0v) is 10.6. The van der Waals surface area contributed by atoms with Gasteiger partial charge >= 0.3 is 0 Å². The summed E-state index contributed by atoms with van der Waals surface area (Å²) in [4.78, 5) is 0. The molecule has 0 aliphatic heterocycles. The Morgan fingerprint density at radius 1 is 1.35 bits per heavy atom. The zero-order valence-electron chi connectivity index (χ0n) is 10.6. The summed E-state index contributed by atoms with van der Waals surface area (Å²) in [6.07, 6.45) is 3.96. The third kappa shape index (κ3) is 3.20. The maximum Gasteiger partial charge on any atom is 0.119 e. The lowest BCUT2D eigenvalue weighted by Crippen LogP contribution is -2.32. The Morgan fingerprint density at radius 2 is 2.00 bits per heavy atom. The number of hydrogen-bond donors (Lipinski definition) is 2. The molecule has 0 saturated heterocycles. The molecule has 3 nitrogen and oxygen atoms in total. The fraction of sp³-hybridized carbons (Fsp3) is 0.571. The second-order valence-corrected chi connectivity index (χ2v) is 4.92. The monoisotopic (exact) mass is 234 g/mol. The standard InChI is InChI=1S/C14H22N2O/c1-3-10(2)14(16-15)11-4-6-12(7-5-11)17-13-8-9-13/h4-7,10,13-14,16H,3,8-9,15H2,1-2H3. The molecular formula is C14H22N2O. The average Bonchev–Trinajstić information content (AvgIpc) is 3.16. The van der Waals surface area contributed by atoms with Crippen LogP contribution in [0.25, 0.3) is 0 Å². The van der Waals surface area contributed by atoms with Crippen LogP contribution in [0.2, 0.25) is 0 Å². The summed E-state index contributed by atoms with van der Waals surface area (Å²) in [7, 11) is 0. The highest BCUT2D eigenvalue weighted by Gasteiger charge is 2.23. The molecule has 0 spiro atoms. The minimum Gasteiger partial charge on any atom is -0.490 e. The summed E-state index contributed by atoms with van der Waals surface area (Å²) in [5.74, 6) is 7.12. The lowest BCUT2D eigenvalue weighted by Gasteiger charge is -2.22. The SMILES string of the molecule is CCC(C)C(NN)c1ccc(OC2CC2)cc1. The fourth-order valence-corrected chi connectivity index (χ4v) is 1.96. The van der Waals surface area contributed by atoms with Gasteiger partial charge in [-0.2, -0.15) is 0 Å². The van der Waals surface area contributed by atoms with Crippen LogP contribution >= 0.6 is 0 Å². The van der Waals surface area contributed by atoms with Crippen molar-refractivity contribution in [2.24, 2.45) is 11.8 Å². The molecule has 0 bridgehead atoms. The minimum atomic E-state index is 0.218. The number of hydrogen-bond acceptors (Lipinski definition) is 3.